The van der Waals surface area contributed by atoms with Gasteiger partial charge in [-0.3, -0.25) is 4.79 Å². The van der Waals surface area contributed by atoms with Crippen molar-refractivity contribution >= 4 is 5.78 Å². The van der Waals surface area contributed by atoms with Gasteiger partial charge in [-0.2, -0.15) is 0 Å². The van der Waals surface area contributed by atoms with Crippen molar-refractivity contribution in [2.24, 2.45) is 5.92 Å². The van der Waals surface area contributed by atoms with Crippen molar-refractivity contribution in [2.75, 3.05) is 0 Å². The Kier molecular flexibility index (Phi) is 1.88. The van der Waals surface area contributed by atoms with Crippen LogP contribution in [0.3, 0.4) is 0 Å². The molecule has 2 nitrogen and oxygen atoms in total. The zero-order valence-electron chi connectivity index (χ0n) is 8.40. The van der Waals surface area contributed by atoms with E-state index in [0.29, 0.717) is 12.3 Å². The van der Waals surface area contributed by atoms with Gasteiger partial charge >= 0.3 is 0 Å². The second-order valence-corrected chi connectivity index (χ2v) is 4.16. The minimum atomic E-state index is 0.203. The number of allylic oxidation sites excluding steroid dienone is 2. The van der Waals surface area contributed by atoms with Gasteiger partial charge in [0.25, 0.3) is 0 Å². The lowest BCUT2D eigenvalue weighted by Gasteiger charge is -2.09. The molecule has 2 heteroatoms. The predicted octanol–water partition coefficient (Wildman–Crippen LogP) is 2.48. The van der Waals surface area contributed by atoms with E-state index >= 15 is 0 Å². The number of ketones is 1. The Morgan fingerprint density at radius 1 is 1.27 bits per heavy atom. The van der Waals surface area contributed by atoms with Gasteiger partial charge in [0.05, 0.1) is 0 Å². The van der Waals surface area contributed by atoms with Crippen molar-refractivity contribution in [3.05, 3.63) is 41.7 Å². The van der Waals surface area contributed by atoms with Crippen LogP contribution in [0.15, 0.2) is 36.1 Å². The van der Waals surface area contributed by atoms with Crippen molar-refractivity contribution < 1.29 is 9.53 Å². The highest BCUT2D eigenvalue weighted by atomic mass is 16.5. The van der Waals surface area contributed by atoms with E-state index in [1.807, 2.05) is 18.2 Å². The molecule has 1 atom stereocenters. The molecular formula is C13H12O2. The van der Waals surface area contributed by atoms with E-state index in [1.54, 1.807) is 6.08 Å². The molecule has 0 bridgehead atoms. The molecule has 0 saturated heterocycles. The number of carbonyl (C=O) groups is 1. The molecule has 0 aromatic heterocycles. The molecule has 0 saturated carbocycles. The van der Waals surface area contributed by atoms with Gasteiger partial charge in [0.15, 0.2) is 5.78 Å². The van der Waals surface area contributed by atoms with Crippen molar-refractivity contribution in [3.63, 3.8) is 0 Å². The Hall–Kier alpha value is -1.57. The van der Waals surface area contributed by atoms with Gasteiger partial charge < -0.3 is 4.74 Å². The van der Waals surface area contributed by atoms with Gasteiger partial charge in [-0.1, -0.05) is 18.2 Å². The van der Waals surface area contributed by atoms with E-state index < -0.39 is 0 Å². The van der Waals surface area contributed by atoms with Gasteiger partial charge in [0, 0.05) is 18.4 Å². The zero-order valence-corrected chi connectivity index (χ0v) is 8.40. The highest BCUT2D eigenvalue weighted by Crippen LogP contribution is 2.35. The number of carbonyl (C=O) groups excluding carboxylic acids is 1. The van der Waals surface area contributed by atoms with Gasteiger partial charge in [-0.05, 0) is 24.5 Å². The van der Waals surface area contributed by atoms with E-state index in [2.05, 4.69) is 6.07 Å². The van der Waals surface area contributed by atoms with E-state index in [1.165, 1.54) is 5.56 Å². The van der Waals surface area contributed by atoms with Crippen LogP contribution in [0, 0.1) is 5.92 Å². The van der Waals surface area contributed by atoms with Crippen LogP contribution in [0.4, 0.5) is 0 Å². The summed E-state index contributed by atoms with van der Waals surface area (Å²) >= 11 is 0. The molecule has 3 rings (SSSR count). The summed E-state index contributed by atoms with van der Waals surface area (Å²) < 4.78 is 5.79. The Morgan fingerprint density at radius 2 is 2.13 bits per heavy atom. The molecular weight excluding hydrogens is 188 g/mol. The number of hydrogen-bond donors (Lipinski definition) is 0. The monoisotopic (exact) mass is 200 g/mol. The standard InChI is InChI=1S/C13H12O2/c14-11-7-10-6-5-9-3-1-2-4-12(9)15-13(10)8-11/h1-4,8,10H,5-7H2. The van der Waals surface area contributed by atoms with Gasteiger partial charge in [-0.25, -0.2) is 0 Å². The fourth-order valence-corrected chi connectivity index (χ4v) is 2.30. The van der Waals surface area contributed by atoms with E-state index in [9.17, 15) is 4.79 Å². The molecule has 1 heterocycles. The van der Waals surface area contributed by atoms with Crippen LogP contribution < -0.4 is 4.74 Å². The first kappa shape index (κ1) is 8.72. The summed E-state index contributed by atoms with van der Waals surface area (Å²) in [6.07, 6.45) is 4.32. The average molecular weight is 200 g/mol. The molecule has 0 N–H and O–H groups in total. The van der Waals surface area contributed by atoms with Crippen LogP contribution in [0.5, 0.6) is 5.75 Å². The van der Waals surface area contributed by atoms with Crippen LogP contribution in [-0.2, 0) is 11.2 Å². The molecule has 0 spiro atoms. The van der Waals surface area contributed by atoms with Gasteiger partial charge in [-0.15, -0.1) is 0 Å². The Balaban J connectivity index is 2.00. The summed E-state index contributed by atoms with van der Waals surface area (Å²) in [4.78, 5) is 11.3. The van der Waals surface area contributed by atoms with Crippen molar-refractivity contribution in [1.29, 1.82) is 0 Å². The maximum absolute atomic E-state index is 11.3. The van der Waals surface area contributed by atoms with E-state index in [-0.39, 0.29) is 5.78 Å². The Labute approximate surface area is 88.6 Å². The number of benzene rings is 1. The number of para-hydroxylation sites is 1. The quantitative estimate of drug-likeness (QED) is 0.643. The summed E-state index contributed by atoms with van der Waals surface area (Å²) in [6.45, 7) is 0. The molecule has 1 aliphatic carbocycles. The minimum Gasteiger partial charge on any atom is -0.461 e. The summed E-state index contributed by atoms with van der Waals surface area (Å²) in [5.74, 6) is 2.30. The number of hydrogen-bond acceptors (Lipinski definition) is 2. The third kappa shape index (κ3) is 1.46. The second-order valence-electron chi connectivity index (χ2n) is 4.16. The third-order valence-electron chi connectivity index (χ3n) is 3.12. The molecule has 1 aliphatic heterocycles. The predicted molar refractivity (Wildman–Crippen MR) is 56.6 cm³/mol. The largest absolute Gasteiger partial charge is 0.461 e. The first-order valence-corrected chi connectivity index (χ1v) is 5.33. The highest BCUT2D eigenvalue weighted by molar-refractivity contribution is 5.93. The lowest BCUT2D eigenvalue weighted by atomic mass is 9.99. The topological polar surface area (TPSA) is 26.3 Å². The number of aryl methyl sites for hydroxylation is 1. The molecule has 1 unspecified atom stereocenters. The molecule has 2 aliphatic rings. The molecule has 1 aromatic rings. The normalized spacial score (nSPS) is 23.6. The fraction of sp³-hybridized carbons (Fsp3) is 0.308. The summed E-state index contributed by atoms with van der Waals surface area (Å²) in [5, 5.41) is 0. The Morgan fingerprint density at radius 3 is 3.07 bits per heavy atom. The van der Waals surface area contributed by atoms with Crippen LogP contribution in [0.2, 0.25) is 0 Å². The van der Waals surface area contributed by atoms with E-state index in [0.717, 1.165) is 24.4 Å². The van der Waals surface area contributed by atoms with Crippen molar-refractivity contribution in [3.8, 4) is 5.75 Å². The average Bonchev–Trinajstić information content (AvgIpc) is 2.49. The van der Waals surface area contributed by atoms with Crippen LogP contribution in [-0.4, -0.2) is 5.78 Å². The first-order valence-electron chi connectivity index (χ1n) is 5.33. The second kappa shape index (κ2) is 3.23. The molecule has 0 radical (unpaired) electrons. The summed E-state index contributed by atoms with van der Waals surface area (Å²) in [5.41, 5.74) is 1.25. The van der Waals surface area contributed by atoms with Gasteiger partial charge in [0.2, 0.25) is 0 Å². The molecule has 0 amide bonds. The van der Waals surface area contributed by atoms with Crippen LogP contribution >= 0.6 is 0 Å². The van der Waals surface area contributed by atoms with Crippen LogP contribution in [0.25, 0.3) is 0 Å². The maximum atomic E-state index is 11.3. The number of fused-ring (bicyclic) bond motifs is 2. The number of rotatable bonds is 0. The fourth-order valence-electron chi connectivity index (χ4n) is 2.30. The molecule has 15 heavy (non-hydrogen) atoms. The zero-order chi connectivity index (χ0) is 10.3. The Bertz CT molecular complexity index is 446. The SMILES string of the molecule is O=C1C=C2Oc3ccccc3CCC2C1. The minimum absolute atomic E-state index is 0.203. The smallest absolute Gasteiger partial charge is 0.159 e. The van der Waals surface area contributed by atoms with Gasteiger partial charge in [0.1, 0.15) is 11.5 Å². The highest BCUT2D eigenvalue weighted by Gasteiger charge is 2.29. The van der Waals surface area contributed by atoms with Crippen LogP contribution in [0.1, 0.15) is 18.4 Å². The summed E-state index contributed by atoms with van der Waals surface area (Å²) in [7, 11) is 0. The lowest BCUT2D eigenvalue weighted by molar-refractivity contribution is -0.114. The molecule has 76 valence electrons. The lowest BCUT2D eigenvalue weighted by Crippen LogP contribution is -2.03. The number of ether oxygens (including phenoxy) is 1. The summed E-state index contributed by atoms with van der Waals surface area (Å²) in [6, 6.07) is 8.07. The molecule has 0 fully saturated rings. The third-order valence-corrected chi connectivity index (χ3v) is 3.12. The first-order chi connectivity index (χ1) is 7.33. The maximum Gasteiger partial charge on any atom is 0.159 e. The molecule has 1 aromatic carbocycles. The van der Waals surface area contributed by atoms with Crippen molar-refractivity contribution in [1.82, 2.24) is 0 Å². The van der Waals surface area contributed by atoms with E-state index in [4.69, 9.17) is 4.74 Å². The van der Waals surface area contributed by atoms with Crippen molar-refractivity contribution in [2.45, 2.75) is 19.3 Å².